The minimum atomic E-state index is -0.345. The average Bonchev–Trinajstić information content (AvgIpc) is 0.984. The maximum absolute atomic E-state index is 11.0. The number of likely N-dealkylation sites (N-methyl/N-ethyl adjacent to an activating group) is 2. The average molecular weight is 1940 g/mol. The van der Waals surface area contributed by atoms with Gasteiger partial charge < -0.3 is 63.2 Å². The van der Waals surface area contributed by atoms with Gasteiger partial charge >= 0.3 is 17.9 Å². The number of nitrogens with zero attached hydrogens (tertiary/aromatic N) is 25. The Hall–Kier alpha value is -9.01. The zero-order chi connectivity index (χ0) is 108. The van der Waals surface area contributed by atoms with E-state index in [0.717, 1.165) is 189 Å². The van der Waals surface area contributed by atoms with Gasteiger partial charge in [-0.25, -0.2) is 14.4 Å². The standard InChI is InChI=1S/C12H24N2.C11H22N2.C10H20N2.C10H19NO2.C9H12N4.C9H17NO2.2C8H16N2.C8H15NO2.C7H14N2.C6H12N2.C5H10N2.C4H8N2/c1-3-5-10-14(11-6-4-2)12-8-7-9-13;1-3-5-9-13(10-6-4-2)11-7-8-12;1-3-8-12(9-4-2)10-6-5-7-11;1-5-11(6-2)7-8-13-10(12)9(3)4;10-4-1-7-13(8-2-5-11)9-3-6-12;1-4-9(11)12-8-7-10(5-2)6-3;1-3-10(4-2)8-6-5-7-9;1-3-6-10(7-4-2)8-5-9;1-4-8(10)11-7-5-6-9(2)3;1-3-9(4-2)7-5-6-8;1-3-8(4-2)6-5-7;1-7(2)5-3-4-6;1-6(2)4-3-5/h3-8,10-12H2,1-2H3;3-7,9-11H2,1-2H3;3-6,8-10H2,1-2H3;3,5-8H2,1-2,4H3;1-3,7-9H2;4H,1,5-8H2,2-3H3;3-6,8H2,1-2H3;3-4,6-8H2,1-2H3;4H,1,5-7H2,2-3H3;3-5,7H2,1-2H3;3-4,6H2,1-2H3;3,5H2,1-2H3;4H2,1-2H3. The van der Waals surface area contributed by atoms with E-state index in [-0.39, 0.29) is 17.9 Å². The number of ether oxygens (including phenoxy) is 3. The van der Waals surface area contributed by atoms with Crippen molar-refractivity contribution in [3.05, 3.63) is 37.5 Å². The Bertz CT molecular complexity index is 3050. The van der Waals surface area contributed by atoms with Crippen LogP contribution in [0.25, 0.3) is 0 Å². The van der Waals surface area contributed by atoms with Crippen LogP contribution in [0.3, 0.4) is 0 Å². The maximum atomic E-state index is 11.0. The molecule has 0 aliphatic rings. The van der Waals surface area contributed by atoms with Gasteiger partial charge in [0.15, 0.2) is 0 Å². The molecule has 0 aromatic rings. The second-order valence-electron chi connectivity index (χ2n) is 32.2. The highest BCUT2D eigenvalue weighted by Crippen LogP contribution is 2.05. The minimum Gasteiger partial charge on any atom is -0.462 e. The van der Waals surface area contributed by atoms with Gasteiger partial charge in [0.25, 0.3) is 0 Å². The molecule has 0 fully saturated rings. The second kappa shape index (κ2) is 143. The van der Waals surface area contributed by atoms with E-state index in [0.29, 0.717) is 122 Å². The summed E-state index contributed by atoms with van der Waals surface area (Å²) in [4.78, 5) is 60.5. The number of hydrogen-bond acceptors (Lipinski definition) is 31. The Labute approximate surface area is 849 Å². The summed E-state index contributed by atoms with van der Waals surface area (Å²) in [6, 6.07) is 25.3. The van der Waals surface area contributed by atoms with Crippen LogP contribution in [-0.4, -0.2) is 360 Å². The zero-order valence-corrected chi connectivity index (χ0v) is 93.0. The molecule has 0 heterocycles. The molecule has 0 amide bonds. The molecule has 31 nitrogen and oxygen atoms in total. The van der Waals surface area contributed by atoms with Crippen molar-refractivity contribution in [2.45, 2.75) is 292 Å². The molecule has 0 rings (SSSR count). The summed E-state index contributed by atoms with van der Waals surface area (Å²) >= 11 is 0. The summed E-state index contributed by atoms with van der Waals surface area (Å²) < 4.78 is 14.5. The van der Waals surface area contributed by atoms with Crippen molar-refractivity contribution in [3.63, 3.8) is 0 Å². The fraction of sp³-hybridized carbons (Fsp3) is 0.804. The van der Waals surface area contributed by atoms with Gasteiger partial charge in [-0.05, 0) is 264 Å². The number of rotatable bonds is 67. The molecule has 31 heteroatoms. The highest BCUT2D eigenvalue weighted by molar-refractivity contribution is 5.86. The molecule has 0 saturated carbocycles. The van der Waals surface area contributed by atoms with E-state index in [9.17, 15) is 14.4 Å². The summed E-state index contributed by atoms with van der Waals surface area (Å²) in [6.07, 6.45) is 26.5. The monoisotopic (exact) mass is 1940 g/mol. The van der Waals surface area contributed by atoms with Crippen LogP contribution in [0.1, 0.15) is 292 Å². The molecule has 0 aromatic heterocycles. The minimum absolute atomic E-state index is 0.299. The first-order valence-corrected chi connectivity index (χ1v) is 51.4. The van der Waals surface area contributed by atoms with Crippen LogP contribution < -0.4 is 0 Å². The van der Waals surface area contributed by atoms with Crippen LogP contribution in [-0.2, 0) is 28.6 Å². The van der Waals surface area contributed by atoms with Crippen molar-refractivity contribution in [1.29, 1.82) is 63.1 Å². The topological polar surface area (TPSA) is 407 Å². The largest absolute Gasteiger partial charge is 0.462 e. The van der Waals surface area contributed by atoms with Crippen LogP contribution in [0.5, 0.6) is 0 Å². The van der Waals surface area contributed by atoms with Crippen molar-refractivity contribution in [2.24, 2.45) is 0 Å². The molecule has 0 atom stereocenters. The van der Waals surface area contributed by atoms with Gasteiger partial charge in [-0.2, -0.15) is 63.1 Å². The number of esters is 3. The highest BCUT2D eigenvalue weighted by Gasteiger charge is 2.09. The van der Waals surface area contributed by atoms with Gasteiger partial charge in [0.1, 0.15) is 13.2 Å². The Balaban J connectivity index is -0.000000112. The highest BCUT2D eigenvalue weighted by atomic mass is 16.5. The smallest absolute Gasteiger partial charge is 0.333 e. The zero-order valence-electron chi connectivity index (χ0n) is 93.0. The molecule has 0 radical (unpaired) electrons. The summed E-state index contributed by atoms with van der Waals surface area (Å²) in [7, 11) is 11.6. The number of unbranched alkanes of at least 4 members (excludes halogenated alkanes) is 7. The van der Waals surface area contributed by atoms with Crippen molar-refractivity contribution >= 4 is 17.9 Å². The van der Waals surface area contributed by atoms with Crippen LogP contribution in [0.15, 0.2) is 37.5 Å². The summed E-state index contributed by atoms with van der Waals surface area (Å²) in [5.41, 5.74) is 0.458. The lowest BCUT2D eigenvalue weighted by atomic mass is 10.2. The first kappa shape index (κ1) is 157. The molecule has 0 aliphatic carbocycles. The molecule has 0 bridgehead atoms. The summed E-state index contributed by atoms with van der Waals surface area (Å²) in [5.74, 6) is -0.988. The third-order valence-corrected chi connectivity index (χ3v) is 19.5. The van der Waals surface area contributed by atoms with E-state index in [1.165, 1.54) is 103 Å². The predicted molar refractivity (Wildman–Crippen MR) is 573 cm³/mol. The van der Waals surface area contributed by atoms with E-state index in [2.05, 4.69) is 237 Å². The van der Waals surface area contributed by atoms with E-state index >= 15 is 0 Å². The lowest BCUT2D eigenvalue weighted by Crippen LogP contribution is -2.27. The van der Waals surface area contributed by atoms with E-state index in [1.807, 2.05) is 86.2 Å². The first-order chi connectivity index (χ1) is 66.3. The molecular formula is C107H205N25O6. The van der Waals surface area contributed by atoms with Gasteiger partial charge in [-0.1, -0.05) is 170 Å². The number of nitriles is 12. The summed E-state index contributed by atoms with van der Waals surface area (Å²) in [5, 5.41) is 99.5. The third kappa shape index (κ3) is 155. The van der Waals surface area contributed by atoms with Gasteiger partial charge in [0, 0.05) is 134 Å². The lowest BCUT2D eigenvalue weighted by molar-refractivity contribution is -0.139. The molecule has 794 valence electrons. The Morgan fingerprint density at radius 2 is 0.464 bits per heavy atom. The van der Waals surface area contributed by atoms with Crippen molar-refractivity contribution in [2.75, 3.05) is 278 Å². The van der Waals surface area contributed by atoms with Crippen LogP contribution >= 0.6 is 0 Å². The van der Waals surface area contributed by atoms with Gasteiger partial charge in [-0.3, -0.25) is 14.7 Å². The number of carbonyl (C=O) groups is 3. The third-order valence-electron chi connectivity index (χ3n) is 19.5. The van der Waals surface area contributed by atoms with Crippen molar-refractivity contribution in [1.82, 2.24) is 63.7 Å². The Morgan fingerprint density at radius 1 is 0.232 bits per heavy atom. The van der Waals surface area contributed by atoms with Gasteiger partial charge in [0.2, 0.25) is 0 Å². The first-order valence-electron chi connectivity index (χ1n) is 51.4. The molecule has 0 N–H and O–H groups in total. The van der Waals surface area contributed by atoms with Gasteiger partial charge in [-0.15, -0.1) is 0 Å². The molecule has 0 unspecified atom stereocenters. The summed E-state index contributed by atoms with van der Waals surface area (Å²) in [6.45, 7) is 83.3. The quantitative estimate of drug-likeness (QED) is 0.0179. The number of carbonyl (C=O) groups excluding carboxylic acids is 3. The molecule has 0 saturated heterocycles. The molecule has 0 aliphatic heterocycles. The van der Waals surface area contributed by atoms with E-state index < -0.39 is 0 Å². The second-order valence-corrected chi connectivity index (χ2v) is 32.2. The Morgan fingerprint density at radius 3 is 0.703 bits per heavy atom. The lowest BCUT2D eigenvalue weighted by Gasteiger charge is -2.21. The number of hydrogen-bond donors (Lipinski definition) is 0. The van der Waals surface area contributed by atoms with Crippen LogP contribution in [0.2, 0.25) is 0 Å². The molecule has 0 spiro atoms. The van der Waals surface area contributed by atoms with E-state index in [4.69, 9.17) is 77.4 Å². The normalized spacial score (nSPS) is 9.72. The molecule has 138 heavy (non-hydrogen) atoms. The van der Waals surface area contributed by atoms with Crippen LogP contribution in [0.4, 0.5) is 0 Å². The maximum Gasteiger partial charge on any atom is 0.333 e. The fourth-order valence-electron chi connectivity index (χ4n) is 11.1. The SMILES string of the molecule is C=C(C)C(=O)OCCN(CC)CC.C=CC(=O)OCCCN(C)C.C=CC(=O)OCCN(CC)CC.CCCCN(CCC#N)CCCC.CCCCN(CCCC)CCCC#N.CCCN(CC#N)CCC.CCCN(CCC)CCCC#N.CCN(CC)CC#N.CCN(CC)CCC#N.CCN(CC)CCCC#N.CN(C)CC#N.CN(C)CCC#N.N#CCCN(CCC#N)CCC#N. The molecular weight excluding hydrogens is 1730 g/mol. The van der Waals surface area contributed by atoms with Gasteiger partial charge in [0.05, 0.1) is 99.1 Å². The van der Waals surface area contributed by atoms with Crippen LogP contribution in [0, 0.1) is 136 Å². The van der Waals surface area contributed by atoms with E-state index in [1.54, 1.807) is 6.92 Å². The molecule has 0 aromatic carbocycles. The predicted octanol–water partition coefficient (Wildman–Crippen LogP) is 18.5. The fourth-order valence-corrected chi connectivity index (χ4v) is 11.1. The Kier molecular flexibility index (Phi) is 163. The van der Waals surface area contributed by atoms with Crippen molar-refractivity contribution < 1.29 is 28.6 Å². The van der Waals surface area contributed by atoms with Crippen molar-refractivity contribution in [3.8, 4) is 72.8 Å².